The standard InChI is InChI=1S/C29H50N3O10PS2Si/c1-27(2,3)24(33)44-16-14-38-43(37,39-15-17-45-25(34)28(4,5)6)40-19-20-18-21(42-46(10,11)29(7,8)9)23(41-20)32-13-12-22(31-36)30-26(32)35/h12-13,18,21,23,36H,14-17,19H2,1-11H3,(H,30,31,35)/t21?,23-/m1/s1. The summed E-state index contributed by atoms with van der Waals surface area (Å²) in [5.74, 6) is 0.648. The number of aromatic nitrogens is 2. The van der Waals surface area contributed by atoms with Gasteiger partial charge in [-0.1, -0.05) is 85.8 Å². The Bertz CT molecular complexity index is 1310. The Kier molecular flexibility index (Phi) is 14.4. The van der Waals surface area contributed by atoms with E-state index in [9.17, 15) is 18.9 Å². The van der Waals surface area contributed by atoms with Crippen molar-refractivity contribution in [1.29, 1.82) is 0 Å². The number of carbonyl (C=O) groups excluding carboxylic acids is 2. The highest BCUT2D eigenvalue weighted by atomic mass is 32.2. The largest absolute Gasteiger partial charge is 0.475 e. The smallest absolute Gasteiger partial charge is 0.469 e. The zero-order valence-electron chi connectivity index (χ0n) is 28.7. The number of ether oxygens (including phenoxy) is 1. The van der Waals surface area contributed by atoms with Crippen molar-refractivity contribution in [3.05, 3.63) is 34.6 Å². The molecular weight excluding hydrogens is 674 g/mol. The van der Waals surface area contributed by atoms with Gasteiger partial charge in [-0.2, -0.15) is 4.98 Å². The van der Waals surface area contributed by atoms with Crippen LogP contribution >= 0.6 is 31.3 Å². The van der Waals surface area contributed by atoms with Gasteiger partial charge in [0, 0.05) is 28.5 Å². The minimum atomic E-state index is -4.19. The lowest BCUT2D eigenvalue weighted by Crippen LogP contribution is -2.46. The maximum atomic E-state index is 13.7. The predicted octanol–water partition coefficient (Wildman–Crippen LogP) is 6.62. The van der Waals surface area contributed by atoms with Crippen molar-refractivity contribution < 1.29 is 42.1 Å². The molecule has 0 saturated heterocycles. The minimum Gasteiger partial charge on any atom is -0.469 e. The van der Waals surface area contributed by atoms with Crippen LogP contribution in [0.25, 0.3) is 0 Å². The zero-order chi connectivity index (χ0) is 35.1. The first-order valence-electron chi connectivity index (χ1n) is 14.9. The molecule has 1 aliphatic heterocycles. The van der Waals surface area contributed by atoms with E-state index in [2.05, 4.69) is 38.8 Å². The highest BCUT2D eigenvalue weighted by Gasteiger charge is 2.44. The average Bonchev–Trinajstić information content (AvgIpc) is 3.32. The first-order chi connectivity index (χ1) is 21.0. The molecule has 0 bridgehead atoms. The summed E-state index contributed by atoms with van der Waals surface area (Å²) >= 11 is 2.12. The van der Waals surface area contributed by atoms with Crippen molar-refractivity contribution in [2.24, 2.45) is 10.8 Å². The summed E-state index contributed by atoms with van der Waals surface area (Å²) in [5, 5.41) is 8.92. The molecule has 1 unspecified atom stereocenters. The number of hydrogen-bond donors (Lipinski definition) is 2. The fraction of sp³-hybridized carbons (Fsp3) is 0.724. The summed E-state index contributed by atoms with van der Waals surface area (Å²) in [5.41, 5.74) is 0.0675. The Morgan fingerprint density at radius 1 is 1.00 bits per heavy atom. The highest BCUT2D eigenvalue weighted by molar-refractivity contribution is 8.14. The molecule has 1 aromatic heterocycles. The van der Waals surface area contributed by atoms with Gasteiger partial charge in [0.05, 0.1) is 13.2 Å². The SMILES string of the molecule is CC(C)(C)C(=O)SCCOP(=O)(OCCSC(=O)C(C)(C)C)OCC1=CC(O[Si](C)(C)C(C)(C)C)[C@H](n2ccc(NO)nc2=O)O1. The van der Waals surface area contributed by atoms with Crippen LogP contribution in [-0.2, 0) is 36.9 Å². The van der Waals surface area contributed by atoms with Gasteiger partial charge in [0.1, 0.15) is 18.5 Å². The third-order valence-electron chi connectivity index (χ3n) is 7.08. The zero-order valence-corrected chi connectivity index (χ0v) is 32.2. The van der Waals surface area contributed by atoms with Gasteiger partial charge < -0.3 is 9.16 Å². The molecule has 0 spiro atoms. The molecule has 2 heterocycles. The molecule has 0 amide bonds. The molecule has 2 N–H and O–H groups in total. The van der Waals surface area contributed by atoms with Crippen LogP contribution in [0.3, 0.4) is 0 Å². The summed E-state index contributed by atoms with van der Waals surface area (Å²) in [6.07, 6.45) is 1.41. The fourth-order valence-corrected chi connectivity index (χ4v) is 7.53. The highest BCUT2D eigenvalue weighted by Crippen LogP contribution is 2.51. The molecule has 1 aromatic rings. The van der Waals surface area contributed by atoms with Gasteiger partial charge in [0.2, 0.25) is 6.23 Å². The number of rotatable bonds is 15. The van der Waals surface area contributed by atoms with Crippen LogP contribution in [0.15, 0.2) is 28.9 Å². The number of phosphoric ester groups is 1. The molecule has 1 aliphatic rings. The predicted molar refractivity (Wildman–Crippen MR) is 183 cm³/mol. The number of thioether (sulfide) groups is 2. The van der Waals surface area contributed by atoms with Crippen LogP contribution in [0.2, 0.25) is 18.1 Å². The Balaban J connectivity index is 2.24. The van der Waals surface area contributed by atoms with Gasteiger partial charge >= 0.3 is 13.5 Å². The Morgan fingerprint density at radius 3 is 1.96 bits per heavy atom. The van der Waals surface area contributed by atoms with Crippen molar-refractivity contribution in [3.8, 4) is 0 Å². The third-order valence-corrected chi connectivity index (χ3v) is 15.5. The number of hydrogen-bond acceptors (Lipinski definition) is 14. The van der Waals surface area contributed by atoms with E-state index in [0.717, 1.165) is 23.5 Å². The first kappa shape index (κ1) is 40.7. The molecule has 17 heteroatoms. The minimum absolute atomic E-state index is 0.0300. The molecule has 0 saturated carbocycles. The average molecular weight is 724 g/mol. The quantitative estimate of drug-likeness (QED) is 0.0859. The molecule has 0 radical (unpaired) electrons. The van der Waals surface area contributed by atoms with Crippen LogP contribution < -0.4 is 11.2 Å². The monoisotopic (exact) mass is 723 g/mol. The number of carbonyl (C=O) groups is 2. The normalized spacial score (nSPS) is 17.9. The van der Waals surface area contributed by atoms with Gasteiger partial charge in [-0.05, 0) is 30.3 Å². The lowest BCUT2D eigenvalue weighted by Gasteiger charge is -2.39. The number of nitrogens with one attached hydrogen (secondary N) is 1. The van der Waals surface area contributed by atoms with Gasteiger partial charge in [-0.15, -0.1) is 0 Å². The molecule has 13 nitrogen and oxygen atoms in total. The lowest BCUT2D eigenvalue weighted by atomic mass is 9.99. The molecule has 0 aliphatic carbocycles. The van der Waals surface area contributed by atoms with Crippen molar-refractivity contribution in [1.82, 2.24) is 9.55 Å². The van der Waals surface area contributed by atoms with Crippen molar-refractivity contribution in [2.75, 3.05) is 36.8 Å². The molecule has 0 fully saturated rings. The van der Waals surface area contributed by atoms with E-state index < -0.39 is 45.0 Å². The summed E-state index contributed by atoms with van der Waals surface area (Å²) in [4.78, 5) is 41.2. The van der Waals surface area contributed by atoms with E-state index in [0.29, 0.717) is 0 Å². The topological polar surface area (TPSA) is 165 Å². The van der Waals surface area contributed by atoms with Crippen LogP contribution in [0.4, 0.5) is 5.82 Å². The summed E-state index contributed by atoms with van der Waals surface area (Å²) in [6, 6.07) is 1.41. The second-order valence-corrected chi connectivity index (χ2v) is 22.8. The maximum absolute atomic E-state index is 13.7. The molecular formula is C29H50N3O10PS2Si. The first-order valence-corrected chi connectivity index (χ1v) is 21.3. The van der Waals surface area contributed by atoms with Crippen LogP contribution in [0.1, 0.15) is 68.5 Å². The van der Waals surface area contributed by atoms with Crippen LogP contribution in [0.5, 0.6) is 0 Å². The van der Waals surface area contributed by atoms with Gasteiger partial charge in [0.15, 0.2) is 24.4 Å². The number of phosphoric acid groups is 1. The molecule has 262 valence electrons. The summed E-state index contributed by atoms with van der Waals surface area (Å²) in [7, 11) is -6.57. The molecule has 0 aromatic carbocycles. The number of anilines is 1. The van der Waals surface area contributed by atoms with E-state index >= 15 is 0 Å². The van der Waals surface area contributed by atoms with Gasteiger partial charge in [0.25, 0.3) is 0 Å². The summed E-state index contributed by atoms with van der Waals surface area (Å²) < 4.78 is 44.5. The third kappa shape index (κ3) is 12.2. The van der Waals surface area contributed by atoms with Crippen LogP contribution in [0, 0.1) is 10.8 Å². The van der Waals surface area contributed by atoms with Crippen molar-refractivity contribution >= 4 is 55.7 Å². The second-order valence-electron chi connectivity index (χ2n) is 14.3. The van der Waals surface area contributed by atoms with E-state index in [1.165, 1.54) is 16.8 Å². The second kappa shape index (κ2) is 16.3. The Hall–Kier alpha value is -1.49. The molecule has 46 heavy (non-hydrogen) atoms. The van der Waals surface area contributed by atoms with Gasteiger partial charge in [-0.25, -0.2) is 9.36 Å². The lowest BCUT2D eigenvalue weighted by molar-refractivity contribution is -0.118. The Morgan fingerprint density at radius 2 is 1.52 bits per heavy atom. The van der Waals surface area contributed by atoms with Crippen molar-refractivity contribution in [2.45, 2.75) is 92.8 Å². The maximum Gasteiger partial charge on any atom is 0.475 e. The molecule has 2 atom stereocenters. The van der Waals surface area contributed by atoms with E-state index in [1.54, 1.807) is 6.08 Å². The summed E-state index contributed by atoms with van der Waals surface area (Å²) in [6.45, 7) is 20.7. The fourth-order valence-electron chi connectivity index (χ4n) is 3.36. The number of nitrogens with zero attached hydrogens (tertiary/aromatic N) is 2. The Labute approximate surface area is 281 Å². The van der Waals surface area contributed by atoms with E-state index in [1.807, 2.05) is 47.0 Å². The molecule has 2 rings (SSSR count). The van der Waals surface area contributed by atoms with Crippen LogP contribution in [-0.4, -0.2) is 70.7 Å². The van der Waals surface area contributed by atoms with E-state index in [4.69, 9.17) is 27.9 Å². The van der Waals surface area contributed by atoms with Gasteiger partial charge in [-0.3, -0.25) is 38.4 Å². The van der Waals surface area contributed by atoms with Crippen molar-refractivity contribution in [3.63, 3.8) is 0 Å². The van der Waals surface area contributed by atoms with E-state index in [-0.39, 0.29) is 58.2 Å².